The number of allylic oxidation sites excluding steroid dienone is 1. The van der Waals surface area contributed by atoms with Crippen LogP contribution in [0.15, 0.2) is 11.8 Å². The maximum absolute atomic E-state index is 5.90. The first-order valence-corrected chi connectivity index (χ1v) is 8.97. The molecule has 0 N–H and O–H groups in total. The fourth-order valence-corrected chi connectivity index (χ4v) is 4.76. The fraction of sp³-hybridized carbons (Fsp3) is 0.846. The van der Waals surface area contributed by atoms with Crippen LogP contribution in [0.5, 0.6) is 0 Å². The predicted octanol–water partition coefficient (Wildman–Crippen LogP) is 2.42. The molecule has 0 aromatic rings. The van der Waals surface area contributed by atoms with Crippen LogP contribution in [0, 0.1) is 0 Å². The van der Waals surface area contributed by atoms with Crippen molar-refractivity contribution >= 4 is 8.56 Å². The van der Waals surface area contributed by atoms with Gasteiger partial charge in [0.15, 0.2) is 0 Å². The summed E-state index contributed by atoms with van der Waals surface area (Å²) in [6.07, 6.45) is 3.36. The molecule has 5 heteroatoms. The lowest BCUT2D eigenvalue weighted by Crippen LogP contribution is -2.40. The zero-order valence-electron chi connectivity index (χ0n) is 11.8. The van der Waals surface area contributed by atoms with Crippen LogP contribution in [0.1, 0.15) is 27.2 Å². The van der Waals surface area contributed by atoms with Crippen LogP contribution in [0.25, 0.3) is 0 Å². The van der Waals surface area contributed by atoms with Crippen molar-refractivity contribution < 1.29 is 18.3 Å². The average Bonchev–Trinajstić information content (AvgIpc) is 3.14. The molecule has 1 unspecified atom stereocenters. The number of rotatable bonds is 11. The molecule has 0 aliphatic carbocycles. The Balaban J connectivity index is 2.27. The fourth-order valence-electron chi connectivity index (χ4n) is 1.91. The molecule has 18 heavy (non-hydrogen) atoms. The average molecular weight is 274 g/mol. The standard InChI is InChI=1S/C13H26O4Si/c1-4-9-18(16-5-2,17-6-3)10-7-8-14-11-13-12-15-13/h4,9,13H,5-8,10-12H2,1-3H3. The molecule has 0 amide bonds. The Bertz CT molecular complexity index is 235. The van der Waals surface area contributed by atoms with Gasteiger partial charge in [-0.25, -0.2) is 0 Å². The topological polar surface area (TPSA) is 40.2 Å². The molecule has 0 bridgehead atoms. The summed E-state index contributed by atoms with van der Waals surface area (Å²) in [5, 5.41) is 0. The maximum atomic E-state index is 5.90. The third-order valence-corrected chi connectivity index (χ3v) is 6.16. The van der Waals surface area contributed by atoms with E-state index in [1.54, 1.807) is 0 Å². The minimum absolute atomic E-state index is 0.348. The Morgan fingerprint density at radius 3 is 2.44 bits per heavy atom. The van der Waals surface area contributed by atoms with Crippen LogP contribution in [-0.2, 0) is 18.3 Å². The summed E-state index contributed by atoms with van der Waals surface area (Å²) < 4.78 is 22.4. The van der Waals surface area contributed by atoms with Gasteiger partial charge in [-0.05, 0) is 38.9 Å². The van der Waals surface area contributed by atoms with Crippen molar-refractivity contribution in [2.24, 2.45) is 0 Å². The van der Waals surface area contributed by atoms with Crippen LogP contribution >= 0.6 is 0 Å². The summed E-state index contributed by atoms with van der Waals surface area (Å²) in [5.74, 6) is 0. The van der Waals surface area contributed by atoms with E-state index in [4.69, 9.17) is 18.3 Å². The summed E-state index contributed by atoms with van der Waals surface area (Å²) in [6.45, 7) is 9.79. The molecule has 0 saturated carbocycles. The number of epoxide rings is 1. The first-order valence-electron chi connectivity index (χ1n) is 6.87. The van der Waals surface area contributed by atoms with Crippen molar-refractivity contribution in [2.45, 2.75) is 39.3 Å². The minimum Gasteiger partial charge on any atom is -0.392 e. The maximum Gasteiger partial charge on any atom is 0.364 e. The molecule has 1 aliphatic heterocycles. The van der Waals surface area contributed by atoms with Gasteiger partial charge >= 0.3 is 8.56 Å². The highest BCUT2D eigenvalue weighted by Gasteiger charge is 2.33. The van der Waals surface area contributed by atoms with Crippen molar-refractivity contribution in [3.05, 3.63) is 11.8 Å². The number of ether oxygens (including phenoxy) is 2. The van der Waals surface area contributed by atoms with Crippen LogP contribution in [0.3, 0.4) is 0 Å². The second-order valence-electron chi connectivity index (χ2n) is 4.31. The Kier molecular flexibility index (Phi) is 7.77. The van der Waals surface area contributed by atoms with E-state index in [-0.39, 0.29) is 0 Å². The minimum atomic E-state index is -2.15. The molecule has 106 valence electrons. The van der Waals surface area contributed by atoms with E-state index < -0.39 is 8.56 Å². The van der Waals surface area contributed by atoms with Gasteiger partial charge in [-0.3, -0.25) is 0 Å². The molecular weight excluding hydrogens is 248 g/mol. The lowest BCUT2D eigenvalue weighted by atomic mass is 10.5. The van der Waals surface area contributed by atoms with E-state index in [0.29, 0.717) is 19.3 Å². The van der Waals surface area contributed by atoms with Crippen LogP contribution in [-0.4, -0.2) is 47.7 Å². The lowest BCUT2D eigenvalue weighted by Gasteiger charge is -2.26. The van der Waals surface area contributed by atoms with E-state index in [2.05, 4.69) is 5.70 Å². The molecule has 1 atom stereocenters. The van der Waals surface area contributed by atoms with Crippen molar-refractivity contribution in [1.82, 2.24) is 0 Å². The van der Waals surface area contributed by atoms with Gasteiger partial charge in [0.2, 0.25) is 0 Å². The largest absolute Gasteiger partial charge is 0.392 e. The van der Waals surface area contributed by atoms with Gasteiger partial charge in [0.1, 0.15) is 6.10 Å². The second kappa shape index (κ2) is 8.82. The lowest BCUT2D eigenvalue weighted by molar-refractivity contribution is 0.113. The van der Waals surface area contributed by atoms with E-state index >= 15 is 0 Å². The molecule has 1 rings (SSSR count). The van der Waals surface area contributed by atoms with Crippen LogP contribution in [0.4, 0.5) is 0 Å². The molecule has 0 aromatic carbocycles. The zero-order valence-corrected chi connectivity index (χ0v) is 12.8. The quantitative estimate of drug-likeness (QED) is 0.329. The monoisotopic (exact) mass is 274 g/mol. The number of hydrogen-bond acceptors (Lipinski definition) is 4. The highest BCUT2D eigenvalue weighted by molar-refractivity contribution is 6.72. The Morgan fingerprint density at radius 2 is 1.94 bits per heavy atom. The van der Waals surface area contributed by atoms with Crippen LogP contribution in [0.2, 0.25) is 6.04 Å². The van der Waals surface area contributed by atoms with Gasteiger partial charge in [0, 0.05) is 19.8 Å². The van der Waals surface area contributed by atoms with Crippen molar-refractivity contribution in [2.75, 3.05) is 33.0 Å². The molecule has 4 nitrogen and oxygen atoms in total. The Labute approximate surface area is 112 Å². The predicted molar refractivity (Wildman–Crippen MR) is 73.8 cm³/mol. The third-order valence-electron chi connectivity index (χ3n) is 2.72. The van der Waals surface area contributed by atoms with E-state index in [1.165, 1.54) is 0 Å². The Morgan fingerprint density at radius 1 is 1.28 bits per heavy atom. The van der Waals surface area contributed by atoms with Crippen molar-refractivity contribution in [3.8, 4) is 0 Å². The molecule has 0 radical (unpaired) electrons. The zero-order chi connectivity index (χ0) is 13.3. The summed E-state index contributed by atoms with van der Waals surface area (Å²) in [7, 11) is -2.15. The van der Waals surface area contributed by atoms with E-state index in [1.807, 2.05) is 26.8 Å². The van der Waals surface area contributed by atoms with Gasteiger partial charge in [-0.2, -0.15) is 0 Å². The van der Waals surface area contributed by atoms with Gasteiger partial charge in [0.25, 0.3) is 0 Å². The van der Waals surface area contributed by atoms with Gasteiger partial charge < -0.3 is 18.3 Å². The van der Waals surface area contributed by atoms with E-state index in [0.717, 1.165) is 32.3 Å². The molecule has 1 fully saturated rings. The normalized spacial score (nSPS) is 19.6. The van der Waals surface area contributed by atoms with Crippen molar-refractivity contribution in [1.29, 1.82) is 0 Å². The molecule has 1 heterocycles. The summed E-state index contributed by atoms with van der Waals surface area (Å²) in [5.41, 5.74) is 2.13. The second-order valence-corrected chi connectivity index (χ2v) is 7.35. The van der Waals surface area contributed by atoms with Crippen LogP contribution < -0.4 is 0 Å². The molecule has 1 saturated heterocycles. The molecule has 0 aromatic heterocycles. The summed E-state index contributed by atoms with van der Waals surface area (Å²) >= 11 is 0. The SMILES string of the molecule is CC=C[Si](CCCOCC1CO1)(OCC)OCC. The van der Waals surface area contributed by atoms with E-state index in [9.17, 15) is 0 Å². The summed E-state index contributed by atoms with van der Waals surface area (Å²) in [6, 6.07) is 0.949. The third kappa shape index (κ3) is 6.11. The highest BCUT2D eigenvalue weighted by atomic mass is 28.4. The number of hydrogen-bond donors (Lipinski definition) is 0. The van der Waals surface area contributed by atoms with Gasteiger partial charge in [-0.15, -0.1) is 0 Å². The molecule has 1 aliphatic rings. The van der Waals surface area contributed by atoms with Gasteiger partial charge in [-0.1, -0.05) is 6.08 Å². The van der Waals surface area contributed by atoms with Gasteiger partial charge in [0.05, 0.1) is 13.2 Å². The molecular formula is C13H26O4Si. The highest BCUT2D eigenvalue weighted by Crippen LogP contribution is 2.18. The smallest absolute Gasteiger partial charge is 0.364 e. The first kappa shape index (κ1) is 15.9. The molecule has 0 spiro atoms. The first-order chi connectivity index (χ1) is 8.76. The van der Waals surface area contributed by atoms with Crippen molar-refractivity contribution in [3.63, 3.8) is 0 Å². The Hall–Kier alpha value is -0.203. The summed E-state index contributed by atoms with van der Waals surface area (Å²) in [4.78, 5) is 0.